The molecule has 0 aliphatic carbocycles. The van der Waals surface area contributed by atoms with E-state index in [0.717, 1.165) is 19.5 Å². The summed E-state index contributed by atoms with van der Waals surface area (Å²) in [7, 11) is 0. The molecule has 2 aromatic carbocycles. The molecule has 0 radical (unpaired) electrons. The van der Waals surface area contributed by atoms with Crippen molar-refractivity contribution in [3.8, 4) is 5.75 Å². The van der Waals surface area contributed by atoms with Gasteiger partial charge in [-0.2, -0.15) is 0 Å². The van der Waals surface area contributed by atoms with Crippen molar-refractivity contribution >= 4 is 0 Å². The van der Waals surface area contributed by atoms with Crippen molar-refractivity contribution in [2.75, 3.05) is 13.1 Å². The van der Waals surface area contributed by atoms with Crippen LogP contribution >= 0.6 is 0 Å². The van der Waals surface area contributed by atoms with E-state index in [4.69, 9.17) is 0 Å². The lowest BCUT2D eigenvalue weighted by Crippen LogP contribution is -2.20. The summed E-state index contributed by atoms with van der Waals surface area (Å²) >= 11 is 0. The Kier molecular flexibility index (Phi) is 3.03. The molecule has 0 aromatic heterocycles. The molecule has 2 nitrogen and oxygen atoms in total. The molecule has 2 aromatic rings. The van der Waals surface area contributed by atoms with Crippen LogP contribution < -0.4 is 5.32 Å². The molecule has 1 atom stereocenters. The molecule has 92 valence electrons. The van der Waals surface area contributed by atoms with E-state index in [9.17, 15) is 5.11 Å². The number of phenols is 1. The van der Waals surface area contributed by atoms with Crippen LogP contribution in [0.5, 0.6) is 5.75 Å². The average Bonchev–Trinajstić information content (AvgIpc) is 2.61. The van der Waals surface area contributed by atoms with E-state index in [0.29, 0.717) is 11.7 Å². The fraction of sp³-hybridized carbons (Fsp3) is 0.250. The van der Waals surface area contributed by atoms with Crippen molar-refractivity contribution in [2.45, 2.75) is 12.3 Å². The zero-order valence-electron chi connectivity index (χ0n) is 10.3. The number of nitrogens with one attached hydrogen (secondary N) is 1. The van der Waals surface area contributed by atoms with Gasteiger partial charge in [-0.15, -0.1) is 0 Å². The maximum absolute atomic E-state index is 9.72. The Morgan fingerprint density at radius 2 is 1.89 bits per heavy atom. The molecular formula is C16H17NO. The minimum Gasteiger partial charge on any atom is -0.508 e. The minimum absolute atomic E-state index is 0.329. The summed E-state index contributed by atoms with van der Waals surface area (Å²) in [5.74, 6) is 0.687. The van der Waals surface area contributed by atoms with E-state index in [1.807, 2.05) is 18.2 Å². The number of hydrogen-bond acceptors (Lipinski definition) is 2. The lowest BCUT2D eigenvalue weighted by atomic mass is 9.88. The van der Waals surface area contributed by atoms with Gasteiger partial charge in [0.05, 0.1) is 0 Å². The van der Waals surface area contributed by atoms with Crippen LogP contribution in [0.1, 0.15) is 22.6 Å². The molecule has 1 unspecified atom stereocenters. The zero-order chi connectivity index (χ0) is 12.4. The summed E-state index contributed by atoms with van der Waals surface area (Å²) in [4.78, 5) is 0. The van der Waals surface area contributed by atoms with Crippen molar-refractivity contribution in [3.63, 3.8) is 0 Å². The first kappa shape index (κ1) is 11.3. The fourth-order valence-electron chi connectivity index (χ4n) is 2.70. The van der Waals surface area contributed by atoms with E-state index in [2.05, 4.69) is 29.6 Å². The second-order valence-electron chi connectivity index (χ2n) is 4.80. The molecule has 0 amide bonds. The predicted octanol–water partition coefficient (Wildman–Crippen LogP) is 2.67. The van der Waals surface area contributed by atoms with Crippen LogP contribution in [0.2, 0.25) is 0 Å². The summed E-state index contributed by atoms with van der Waals surface area (Å²) < 4.78 is 0. The Hall–Kier alpha value is -1.80. The smallest absolute Gasteiger partial charge is 0.115 e. The minimum atomic E-state index is 0.329. The molecule has 0 fully saturated rings. The Morgan fingerprint density at radius 1 is 1.06 bits per heavy atom. The number of hydrogen-bond donors (Lipinski definition) is 2. The molecule has 1 aliphatic rings. The lowest BCUT2D eigenvalue weighted by molar-refractivity contribution is 0.474. The summed E-state index contributed by atoms with van der Waals surface area (Å²) in [6, 6.07) is 16.2. The number of phenolic OH excluding ortho intramolecular Hbond substituents is 1. The van der Waals surface area contributed by atoms with E-state index in [1.165, 1.54) is 16.7 Å². The highest BCUT2D eigenvalue weighted by Crippen LogP contribution is 2.31. The number of aromatic hydroxyl groups is 1. The molecule has 3 rings (SSSR count). The molecule has 18 heavy (non-hydrogen) atoms. The molecule has 1 aliphatic heterocycles. The van der Waals surface area contributed by atoms with E-state index >= 15 is 0 Å². The summed E-state index contributed by atoms with van der Waals surface area (Å²) in [5, 5.41) is 13.2. The van der Waals surface area contributed by atoms with Gasteiger partial charge in [-0.05, 0) is 41.8 Å². The van der Waals surface area contributed by atoms with Crippen LogP contribution in [-0.4, -0.2) is 18.2 Å². The summed E-state index contributed by atoms with van der Waals surface area (Å²) in [6.07, 6.45) is 1.03. The Morgan fingerprint density at radius 3 is 2.72 bits per heavy atom. The highest BCUT2D eigenvalue weighted by molar-refractivity contribution is 5.43. The van der Waals surface area contributed by atoms with E-state index in [-0.39, 0.29) is 0 Å². The fourth-order valence-corrected chi connectivity index (χ4v) is 2.70. The third-order valence-electron chi connectivity index (χ3n) is 3.63. The third kappa shape index (κ3) is 2.12. The van der Waals surface area contributed by atoms with Crippen molar-refractivity contribution in [1.82, 2.24) is 5.32 Å². The lowest BCUT2D eigenvalue weighted by Gasteiger charge is -2.18. The van der Waals surface area contributed by atoms with Gasteiger partial charge < -0.3 is 10.4 Å². The van der Waals surface area contributed by atoms with Gasteiger partial charge in [0.25, 0.3) is 0 Å². The summed E-state index contributed by atoms with van der Waals surface area (Å²) in [5.41, 5.74) is 3.90. The molecule has 1 heterocycles. The van der Waals surface area contributed by atoms with Gasteiger partial charge in [0.1, 0.15) is 5.75 Å². The van der Waals surface area contributed by atoms with Crippen molar-refractivity contribution in [1.29, 1.82) is 0 Å². The predicted molar refractivity (Wildman–Crippen MR) is 73.0 cm³/mol. The normalized spacial score (nSPS) is 19.0. The number of rotatable bonds is 1. The van der Waals surface area contributed by atoms with Crippen LogP contribution in [0.3, 0.4) is 0 Å². The molecule has 2 heteroatoms. The van der Waals surface area contributed by atoms with Crippen molar-refractivity contribution < 1.29 is 5.11 Å². The van der Waals surface area contributed by atoms with Crippen LogP contribution in [-0.2, 0) is 6.42 Å². The van der Waals surface area contributed by atoms with Crippen LogP contribution in [0.25, 0.3) is 0 Å². The molecule has 0 saturated heterocycles. The first-order valence-electron chi connectivity index (χ1n) is 6.42. The standard InChI is InChI=1S/C16H17NO/c18-14-7-6-13-8-9-17-11-16(15(13)10-14)12-4-2-1-3-5-12/h1-7,10,16-18H,8-9,11H2. The van der Waals surface area contributed by atoms with E-state index in [1.54, 1.807) is 6.07 Å². The molecule has 2 N–H and O–H groups in total. The summed E-state index contributed by atoms with van der Waals surface area (Å²) in [6.45, 7) is 1.93. The maximum atomic E-state index is 9.72. The van der Waals surface area contributed by atoms with Crippen molar-refractivity contribution in [2.24, 2.45) is 0 Å². The Balaban J connectivity index is 2.08. The Bertz CT molecular complexity index is 536. The zero-order valence-corrected chi connectivity index (χ0v) is 10.3. The van der Waals surface area contributed by atoms with Gasteiger partial charge >= 0.3 is 0 Å². The molecule has 0 bridgehead atoms. The van der Waals surface area contributed by atoms with Gasteiger partial charge in [-0.25, -0.2) is 0 Å². The van der Waals surface area contributed by atoms with E-state index < -0.39 is 0 Å². The van der Waals surface area contributed by atoms with Gasteiger partial charge in [-0.1, -0.05) is 36.4 Å². The molecule has 0 saturated carbocycles. The first-order chi connectivity index (χ1) is 8.84. The average molecular weight is 239 g/mol. The number of fused-ring (bicyclic) bond motifs is 1. The second kappa shape index (κ2) is 4.83. The van der Waals surface area contributed by atoms with Gasteiger partial charge in [0.2, 0.25) is 0 Å². The number of benzene rings is 2. The maximum Gasteiger partial charge on any atom is 0.115 e. The Labute approximate surface area is 107 Å². The first-order valence-corrected chi connectivity index (χ1v) is 6.42. The van der Waals surface area contributed by atoms with Gasteiger partial charge in [0.15, 0.2) is 0 Å². The highest BCUT2D eigenvalue weighted by Gasteiger charge is 2.20. The van der Waals surface area contributed by atoms with Crippen molar-refractivity contribution in [3.05, 3.63) is 65.2 Å². The molecular weight excluding hydrogens is 222 g/mol. The van der Waals surface area contributed by atoms with Crippen LogP contribution in [0.4, 0.5) is 0 Å². The third-order valence-corrected chi connectivity index (χ3v) is 3.63. The second-order valence-corrected chi connectivity index (χ2v) is 4.80. The van der Waals surface area contributed by atoms with Crippen LogP contribution in [0.15, 0.2) is 48.5 Å². The quantitative estimate of drug-likeness (QED) is 0.802. The topological polar surface area (TPSA) is 32.3 Å². The SMILES string of the molecule is Oc1ccc2c(c1)C(c1ccccc1)CNCC2. The molecule has 0 spiro atoms. The monoisotopic (exact) mass is 239 g/mol. The largest absolute Gasteiger partial charge is 0.508 e. The van der Waals surface area contributed by atoms with Gasteiger partial charge in [0, 0.05) is 12.5 Å². The van der Waals surface area contributed by atoms with Gasteiger partial charge in [-0.3, -0.25) is 0 Å². The van der Waals surface area contributed by atoms with Crippen LogP contribution in [0, 0.1) is 0 Å². The highest BCUT2D eigenvalue weighted by atomic mass is 16.3.